The molecule has 26 heavy (non-hydrogen) atoms. The van der Waals surface area contributed by atoms with Gasteiger partial charge in [0.2, 0.25) is 5.91 Å². The summed E-state index contributed by atoms with van der Waals surface area (Å²) in [6.45, 7) is 0. The predicted octanol–water partition coefficient (Wildman–Crippen LogP) is 3.75. The minimum Gasteiger partial charge on any atom is -0.327 e. The average Bonchev–Trinajstić information content (AvgIpc) is 3.26. The van der Waals surface area contributed by atoms with Gasteiger partial charge in [-0.3, -0.25) is 4.79 Å². The van der Waals surface area contributed by atoms with Crippen molar-refractivity contribution in [3.8, 4) is 0 Å². The smallest absolute Gasteiger partial charge is 0.231 e. The Balaban J connectivity index is 0.00000196. The number of thiazole rings is 1. The molecule has 2 aliphatic rings. The number of hydrogen-bond acceptors (Lipinski definition) is 4. The molecule has 4 unspecified atom stereocenters. The highest BCUT2D eigenvalue weighted by molar-refractivity contribution is 7.15. The first-order valence-electron chi connectivity index (χ1n) is 8.46. The fourth-order valence-corrected chi connectivity index (χ4v) is 5.05. The summed E-state index contributed by atoms with van der Waals surface area (Å²) < 4.78 is 26.7. The lowest BCUT2D eigenvalue weighted by Gasteiger charge is -2.26. The van der Waals surface area contributed by atoms with Crippen LogP contribution < -0.4 is 11.1 Å². The lowest BCUT2D eigenvalue weighted by atomic mass is 9.84. The largest absolute Gasteiger partial charge is 0.327 e. The van der Waals surface area contributed by atoms with Gasteiger partial charge in [-0.25, -0.2) is 13.8 Å². The molecule has 4 nitrogen and oxygen atoms in total. The molecular formula is C18H20ClF2N3OS. The average molecular weight is 400 g/mol. The molecule has 0 saturated heterocycles. The number of anilines is 1. The maximum atomic E-state index is 13.7. The molecule has 0 radical (unpaired) electrons. The van der Waals surface area contributed by atoms with Crippen LogP contribution in [0.1, 0.15) is 29.7 Å². The highest BCUT2D eigenvalue weighted by Crippen LogP contribution is 2.48. The summed E-state index contributed by atoms with van der Waals surface area (Å²) >= 11 is 1.30. The Labute approximate surface area is 160 Å². The van der Waals surface area contributed by atoms with Crippen molar-refractivity contribution < 1.29 is 13.6 Å². The Morgan fingerprint density at radius 2 is 2.08 bits per heavy atom. The van der Waals surface area contributed by atoms with Crippen molar-refractivity contribution in [2.75, 3.05) is 5.32 Å². The minimum absolute atomic E-state index is 0. The molecule has 1 aromatic carbocycles. The summed E-state index contributed by atoms with van der Waals surface area (Å²) in [5.41, 5.74) is 6.61. The van der Waals surface area contributed by atoms with E-state index in [1.54, 1.807) is 6.20 Å². The molecule has 2 aliphatic carbocycles. The highest BCUT2D eigenvalue weighted by Gasteiger charge is 2.49. The lowest BCUT2D eigenvalue weighted by molar-refractivity contribution is -0.121. The molecule has 4 atom stereocenters. The summed E-state index contributed by atoms with van der Waals surface area (Å²) in [4.78, 5) is 17.6. The van der Waals surface area contributed by atoms with Crippen molar-refractivity contribution in [3.05, 3.63) is 46.5 Å². The number of rotatable bonds is 4. The number of carbonyl (C=O) groups is 1. The quantitative estimate of drug-likeness (QED) is 0.822. The first-order chi connectivity index (χ1) is 12.0. The molecule has 140 valence electrons. The van der Waals surface area contributed by atoms with E-state index in [1.165, 1.54) is 23.5 Å². The summed E-state index contributed by atoms with van der Waals surface area (Å²) in [5.74, 6) is -0.524. The number of hydrogen-bond donors (Lipinski definition) is 2. The van der Waals surface area contributed by atoms with E-state index in [0.29, 0.717) is 29.0 Å². The number of benzene rings is 1. The minimum atomic E-state index is -0.597. The Hall–Kier alpha value is -1.57. The van der Waals surface area contributed by atoms with Gasteiger partial charge in [-0.15, -0.1) is 23.7 Å². The molecule has 2 bridgehead atoms. The van der Waals surface area contributed by atoms with E-state index in [0.717, 1.165) is 30.2 Å². The van der Waals surface area contributed by atoms with Gasteiger partial charge in [0, 0.05) is 29.6 Å². The lowest BCUT2D eigenvalue weighted by Crippen LogP contribution is -2.42. The Morgan fingerprint density at radius 1 is 1.31 bits per heavy atom. The van der Waals surface area contributed by atoms with Gasteiger partial charge in [0.25, 0.3) is 0 Å². The number of halogens is 3. The predicted molar refractivity (Wildman–Crippen MR) is 99.5 cm³/mol. The van der Waals surface area contributed by atoms with E-state index < -0.39 is 11.6 Å². The Bertz CT molecular complexity index is 813. The molecule has 2 fully saturated rings. The topological polar surface area (TPSA) is 68.0 Å². The number of carbonyl (C=O) groups excluding carboxylic acids is 1. The van der Waals surface area contributed by atoms with Gasteiger partial charge in [-0.2, -0.15) is 0 Å². The second-order valence-corrected chi connectivity index (χ2v) is 8.09. The van der Waals surface area contributed by atoms with Crippen LogP contribution in [0.4, 0.5) is 13.9 Å². The van der Waals surface area contributed by atoms with Gasteiger partial charge in [0.15, 0.2) is 5.13 Å². The third kappa shape index (κ3) is 3.61. The number of nitrogens with zero attached hydrogens (tertiary/aromatic N) is 1. The molecule has 1 amide bonds. The number of amides is 1. The molecule has 1 heterocycles. The fourth-order valence-electron chi connectivity index (χ4n) is 4.21. The van der Waals surface area contributed by atoms with E-state index in [1.807, 2.05) is 0 Å². The van der Waals surface area contributed by atoms with Crippen LogP contribution in [0, 0.1) is 29.4 Å². The van der Waals surface area contributed by atoms with Crippen LogP contribution in [0.15, 0.2) is 24.4 Å². The first kappa shape index (κ1) is 19.2. The van der Waals surface area contributed by atoms with Crippen LogP contribution in [0.25, 0.3) is 0 Å². The van der Waals surface area contributed by atoms with Gasteiger partial charge >= 0.3 is 0 Å². The first-order valence-corrected chi connectivity index (χ1v) is 9.28. The second-order valence-electron chi connectivity index (χ2n) is 6.97. The van der Waals surface area contributed by atoms with Crippen LogP contribution in [0.2, 0.25) is 0 Å². The maximum absolute atomic E-state index is 13.7. The molecular weight excluding hydrogens is 380 g/mol. The van der Waals surface area contributed by atoms with Gasteiger partial charge in [0.05, 0.1) is 5.92 Å². The number of nitrogens with two attached hydrogens (primary N) is 1. The molecule has 1 aromatic heterocycles. The van der Waals surface area contributed by atoms with E-state index in [9.17, 15) is 13.6 Å². The molecule has 0 spiro atoms. The highest BCUT2D eigenvalue weighted by atomic mass is 35.5. The van der Waals surface area contributed by atoms with Crippen molar-refractivity contribution in [3.63, 3.8) is 0 Å². The zero-order valence-corrected chi connectivity index (χ0v) is 15.6. The number of nitrogens with one attached hydrogen (secondary N) is 1. The van der Waals surface area contributed by atoms with E-state index >= 15 is 0 Å². The van der Waals surface area contributed by atoms with Crippen LogP contribution in [-0.2, 0) is 11.2 Å². The molecule has 4 rings (SSSR count). The fraction of sp³-hybridized carbons (Fsp3) is 0.444. The van der Waals surface area contributed by atoms with Gasteiger partial charge in [-0.1, -0.05) is 6.07 Å². The summed E-state index contributed by atoms with van der Waals surface area (Å²) in [5, 5.41) is 3.36. The second kappa shape index (κ2) is 7.58. The Kier molecular flexibility index (Phi) is 5.60. The van der Waals surface area contributed by atoms with Crippen molar-refractivity contribution in [2.45, 2.75) is 31.7 Å². The van der Waals surface area contributed by atoms with Crippen LogP contribution in [0.3, 0.4) is 0 Å². The zero-order valence-electron chi connectivity index (χ0n) is 14.0. The normalized spacial score (nSPS) is 26.6. The monoisotopic (exact) mass is 399 g/mol. The van der Waals surface area contributed by atoms with E-state index in [4.69, 9.17) is 5.73 Å². The molecule has 2 aromatic rings. The number of aromatic nitrogens is 1. The van der Waals surface area contributed by atoms with Crippen LogP contribution in [0.5, 0.6) is 0 Å². The molecule has 8 heteroatoms. The molecule has 3 N–H and O–H groups in total. The molecule has 2 saturated carbocycles. The van der Waals surface area contributed by atoms with Crippen LogP contribution >= 0.6 is 23.7 Å². The van der Waals surface area contributed by atoms with E-state index in [-0.39, 0.29) is 30.3 Å². The van der Waals surface area contributed by atoms with Gasteiger partial charge < -0.3 is 11.1 Å². The van der Waals surface area contributed by atoms with Crippen molar-refractivity contribution in [1.82, 2.24) is 4.98 Å². The third-order valence-electron chi connectivity index (χ3n) is 5.45. The standard InChI is InChI=1S/C18H19F2N3OS.ClH/c19-12-4-3-9(14(20)7-12)6-13-8-22-18(25-13)23-17(24)15-10-1-2-11(5-10)16(15)21;/h3-4,7-8,10-11,15-16H,1-2,5-6,21H2,(H,22,23,24);1H. The zero-order chi connectivity index (χ0) is 17.6. The molecule has 0 aliphatic heterocycles. The maximum Gasteiger partial charge on any atom is 0.231 e. The number of fused-ring (bicyclic) bond motifs is 2. The summed E-state index contributed by atoms with van der Waals surface area (Å²) in [7, 11) is 0. The SMILES string of the molecule is Cl.NC1C2CCC(C2)C1C(=O)Nc1ncc(Cc2ccc(F)cc2F)s1. The van der Waals surface area contributed by atoms with Crippen molar-refractivity contribution >= 4 is 34.8 Å². The summed E-state index contributed by atoms with van der Waals surface area (Å²) in [6.07, 6.45) is 5.17. The van der Waals surface area contributed by atoms with Gasteiger partial charge in [0.1, 0.15) is 11.6 Å². The third-order valence-corrected chi connectivity index (χ3v) is 6.36. The Morgan fingerprint density at radius 3 is 2.77 bits per heavy atom. The van der Waals surface area contributed by atoms with Crippen molar-refractivity contribution in [2.24, 2.45) is 23.5 Å². The van der Waals surface area contributed by atoms with Crippen molar-refractivity contribution in [1.29, 1.82) is 0 Å². The van der Waals surface area contributed by atoms with Crippen LogP contribution in [-0.4, -0.2) is 16.9 Å². The van der Waals surface area contributed by atoms with E-state index in [2.05, 4.69) is 10.3 Å². The van der Waals surface area contributed by atoms with Gasteiger partial charge in [-0.05, 0) is 42.7 Å². The summed E-state index contributed by atoms with van der Waals surface area (Å²) in [6, 6.07) is 3.47.